The fraction of sp³-hybridized carbons (Fsp3) is 0.381. The first kappa shape index (κ1) is 21.4. The Bertz CT molecular complexity index is 944. The summed E-state index contributed by atoms with van der Waals surface area (Å²) in [5.74, 6) is 0.0164. The largest absolute Gasteiger partial charge is 0.489 e. The van der Waals surface area contributed by atoms with Gasteiger partial charge in [-0.1, -0.05) is 0 Å². The second-order valence-corrected chi connectivity index (χ2v) is 7.81. The molecule has 2 heterocycles. The maximum absolute atomic E-state index is 13.2. The molecule has 1 aromatic carbocycles. The second-order valence-electron chi connectivity index (χ2n) is 7.81. The van der Waals surface area contributed by atoms with E-state index in [2.05, 4.69) is 10.3 Å². The summed E-state index contributed by atoms with van der Waals surface area (Å²) < 4.78 is 29.9. The van der Waals surface area contributed by atoms with Gasteiger partial charge in [0.15, 0.2) is 0 Å². The molecule has 0 spiro atoms. The van der Waals surface area contributed by atoms with Crippen LogP contribution in [0.3, 0.4) is 0 Å². The Morgan fingerprint density at radius 1 is 1.33 bits per heavy atom. The number of pyridine rings is 1. The third-order valence-corrected chi connectivity index (χ3v) is 4.21. The molecule has 1 aliphatic heterocycles. The highest BCUT2D eigenvalue weighted by atomic mass is 19.1. The van der Waals surface area contributed by atoms with Crippen molar-refractivity contribution in [2.24, 2.45) is 0 Å². The summed E-state index contributed by atoms with van der Waals surface area (Å²) in [5.41, 5.74) is 0.434. The minimum absolute atomic E-state index is 0.0358. The molecular formula is C21H24FN3O5. The summed E-state index contributed by atoms with van der Waals surface area (Å²) in [7, 11) is 1.58. The highest BCUT2D eigenvalue weighted by Gasteiger charge is 2.32. The number of hydrogen-bond acceptors (Lipinski definition) is 6. The zero-order chi connectivity index (χ0) is 21.9. The predicted octanol–water partition coefficient (Wildman–Crippen LogP) is 3.05. The molecule has 3 rings (SSSR count). The highest BCUT2D eigenvalue weighted by Crippen LogP contribution is 2.34. The van der Waals surface area contributed by atoms with E-state index in [0.717, 1.165) is 0 Å². The molecule has 0 fully saturated rings. The molecule has 2 aromatic rings. The van der Waals surface area contributed by atoms with E-state index in [1.807, 2.05) is 0 Å². The van der Waals surface area contributed by atoms with E-state index in [1.54, 1.807) is 52.1 Å². The number of rotatable bonds is 4. The number of carbonyl (C=O) groups is 2. The second kappa shape index (κ2) is 8.56. The normalized spacial score (nSPS) is 16.2. The smallest absolute Gasteiger partial charge is 0.408 e. The third kappa shape index (κ3) is 5.37. The van der Waals surface area contributed by atoms with Crippen molar-refractivity contribution in [1.29, 1.82) is 0 Å². The SMILES string of the molecule is CN1C(=O)[C@@H](NC(=O)OC(C)(C)C)COc2ccc(OCc3ccnc(F)c3)cc21. The standard InChI is InChI=1S/C21H24FN3O5/c1-21(2,3)30-20(27)24-15-12-29-17-6-5-14(10-16(17)25(4)19(15)26)28-11-13-7-8-23-18(22)9-13/h5-10,15H,11-12H2,1-4H3,(H,24,27)/t15-/m0/s1. The Kier molecular flexibility index (Phi) is 6.09. The molecule has 160 valence electrons. The molecule has 0 bridgehead atoms. The molecule has 1 atom stereocenters. The number of benzene rings is 1. The highest BCUT2D eigenvalue weighted by molar-refractivity contribution is 6.00. The van der Waals surface area contributed by atoms with Gasteiger partial charge in [-0.2, -0.15) is 4.39 Å². The topological polar surface area (TPSA) is 90.0 Å². The molecule has 1 aliphatic rings. The zero-order valence-corrected chi connectivity index (χ0v) is 17.3. The molecule has 0 unspecified atom stereocenters. The number of amides is 2. The van der Waals surface area contributed by atoms with Crippen molar-refractivity contribution in [3.63, 3.8) is 0 Å². The lowest BCUT2D eigenvalue weighted by Crippen LogP contribution is -2.50. The van der Waals surface area contributed by atoms with Crippen LogP contribution in [0.15, 0.2) is 36.5 Å². The zero-order valence-electron chi connectivity index (χ0n) is 17.3. The van der Waals surface area contributed by atoms with Gasteiger partial charge >= 0.3 is 6.09 Å². The Balaban J connectivity index is 1.70. The van der Waals surface area contributed by atoms with E-state index in [4.69, 9.17) is 14.2 Å². The quantitative estimate of drug-likeness (QED) is 0.769. The molecule has 0 saturated carbocycles. The average molecular weight is 417 g/mol. The molecular weight excluding hydrogens is 393 g/mol. The van der Waals surface area contributed by atoms with Gasteiger partial charge in [-0.05, 0) is 50.6 Å². The third-order valence-electron chi connectivity index (χ3n) is 4.21. The number of nitrogens with one attached hydrogen (secondary N) is 1. The van der Waals surface area contributed by atoms with Crippen LogP contribution in [0.4, 0.5) is 14.9 Å². The Morgan fingerprint density at radius 3 is 2.80 bits per heavy atom. The molecule has 1 N–H and O–H groups in total. The molecule has 9 heteroatoms. The number of nitrogens with zero attached hydrogens (tertiary/aromatic N) is 2. The van der Waals surface area contributed by atoms with Gasteiger partial charge < -0.3 is 24.4 Å². The number of ether oxygens (including phenoxy) is 3. The van der Waals surface area contributed by atoms with Gasteiger partial charge in [0, 0.05) is 19.3 Å². The van der Waals surface area contributed by atoms with Crippen molar-refractivity contribution in [1.82, 2.24) is 10.3 Å². The number of halogens is 1. The van der Waals surface area contributed by atoms with Crippen molar-refractivity contribution in [2.75, 3.05) is 18.6 Å². The van der Waals surface area contributed by atoms with Crippen molar-refractivity contribution in [3.8, 4) is 11.5 Å². The van der Waals surface area contributed by atoms with Gasteiger partial charge in [-0.3, -0.25) is 4.79 Å². The number of carbonyl (C=O) groups excluding carboxylic acids is 2. The fourth-order valence-electron chi connectivity index (χ4n) is 2.82. The molecule has 1 aromatic heterocycles. The number of fused-ring (bicyclic) bond motifs is 1. The van der Waals surface area contributed by atoms with Crippen LogP contribution in [0, 0.1) is 5.95 Å². The number of hydrogen-bond donors (Lipinski definition) is 1. The van der Waals surface area contributed by atoms with Gasteiger partial charge in [-0.15, -0.1) is 0 Å². The van der Waals surface area contributed by atoms with Crippen LogP contribution in [-0.4, -0.2) is 42.3 Å². The summed E-state index contributed by atoms with van der Waals surface area (Å²) in [5, 5.41) is 2.55. The molecule has 0 radical (unpaired) electrons. The van der Waals surface area contributed by atoms with Crippen LogP contribution < -0.4 is 19.7 Å². The van der Waals surface area contributed by atoms with E-state index >= 15 is 0 Å². The van der Waals surface area contributed by atoms with Crippen LogP contribution in [0.5, 0.6) is 11.5 Å². The minimum atomic E-state index is -0.901. The summed E-state index contributed by atoms with van der Waals surface area (Å²) >= 11 is 0. The van der Waals surface area contributed by atoms with Gasteiger partial charge in [-0.25, -0.2) is 9.78 Å². The molecule has 8 nitrogen and oxygen atoms in total. The van der Waals surface area contributed by atoms with Gasteiger partial charge in [0.25, 0.3) is 5.91 Å². The number of likely N-dealkylation sites (N-methyl/N-ethyl adjacent to an activating group) is 1. The van der Waals surface area contributed by atoms with E-state index in [0.29, 0.717) is 22.7 Å². The summed E-state index contributed by atoms with van der Waals surface area (Å²) in [4.78, 5) is 29.8. The number of anilines is 1. The molecule has 30 heavy (non-hydrogen) atoms. The van der Waals surface area contributed by atoms with Gasteiger partial charge in [0.05, 0.1) is 5.69 Å². The molecule has 0 saturated heterocycles. The Morgan fingerprint density at radius 2 is 2.10 bits per heavy atom. The lowest BCUT2D eigenvalue weighted by atomic mass is 10.2. The van der Waals surface area contributed by atoms with E-state index < -0.39 is 23.7 Å². The summed E-state index contributed by atoms with van der Waals surface area (Å²) in [6, 6.07) is 7.06. The lowest BCUT2D eigenvalue weighted by Gasteiger charge is -2.23. The number of alkyl carbamates (subject to hydrolysis) is 1. The van der Waals surface area contributed by atoms with E-state index in [1.165, 1.54) is 17.2 Å². The predicted molar refractivity (Wildman–Crippen MR) is 107 cm³/mol. The van der Waals surface area contributed by atoms with Crippen molar-refractivity contribution in [3.05, 3.63) is 48.0 Å². The van der Waals surface area contributed by atoms with Crippen LogP contribution in [0.1, 0.15) is 26.3 Å². The molecule has 0 aliphatic carbocycles. The maximum atomic E-state index is 13.2. The first-order valence-electron chi connectivity index (χ1n) is 9.39. The van der Waals surface area contributed by atoms with Crippen LogP contribution in [-0.2, 0) is 16.1 Å². The van der Waals surface area contributed by atoms with E-state index in [-0.39, 0.29) is 19.1 Å². The minimum Gasteiger partial charge on any atom is -0.489 e. The summed E-state index contributed by atoms with van der Waals surface area (Å²) in [6.45, 7) is 5.32. The van der Waals surface area contributed by atoms with Gasteiger partial charge in [0.1, 0.15) is 36.4 Å². The monoisotopic (exact) mass is 417 g/mol. The summed E-state index contributed by atoms with van der Waals surface area (Å²) in [6.07, 6.45) is 0.667. The van der Waals surface area contributed by atoms with Crippen LogP contribution in [0.25, 0.3) is 0 Å². The lowest BCUT2D eigenvalue weighted by molar-refractivity contribution is -0.120. The molecule has 2 amide bonds. The van der Waals surface area contributed by atoms with Gasteiger partial charge in [0.2, 0.25) is 5.95 Å². The van der Waals surface area contributed by atoms with E-state index in [9.17, 15) is 14.0 Å². The van der Waals surface area contributed by atoms with Crippen molar-refractivity contribution >= 4 is 17.7 Å². The van der Waals surface area contributed by atoms with Crippen LogP contribution >= 0.6 is 0 Å². The Labute approximate surface area is 173 Å². The maximum Gasteiger partial charge on any atom is 0.408 e. The number of aromatic nitrogens is 1. The Hall–Kier alpha value is -3.36. The van der Waals surface area contributed by atoms with Crippen LogP contribution in [0.2, 0.25) is 0 Å². The van der Waals surface area contributed by atoms with Crippen molar-refractivity contribution in [2.45, 2.75) is 39.0 Å². The van der Waals surface area contributed by atoms with Crippen molar-refractivity contribution < 1.29 is 28.2 Å². The first-order valence-corrected chi connectivity index (χ1v) is 9.39. The fourth-order valence-corrected chi connectivity index (χ4v) is 2.82. The first-order chi connectivity index (χ1) is 14.1. The average Bonchev–Trinajstić information content (AvgIpc) is 2.77.